The van der Waals surface area contributed by atoms with Crippen molar-refractivity contribution in [3.63, 3.8) is 0 Å². The Morgan fingerprint density at radius 1 is 1.14 bits per heavy atom. The fourth-order valence-electron chi connectivity index (χ4n) is 1.75. The Morgan fingerprint density at radius 3 is 2.50 bits per heavy atom. The normalized spacial score (nSPS) is 11.3. The second kappa shape index (κ2) is 6.05. The van der Waals surface area contributed by atoms with Crippen LogP contribution in [0.3, 0.4) is 0 Å². The number of ether oxygens (including phenoxy) is 1. The molecule has 0 fully saturated rings. The summed E-state index contributed by atoms with van der Waals surface area (Å²) >= 11 is 0. The Morgan fingerprint density at radius 2 is 1.86 bits per heavy atom. The zero-order valence-electron chi connectivity index (χ0n) is 11.0. The van der Waals surface area contributed by atoms with Crippen molar-refractivity contribution in [2.75, 3.05) is 0 Å². The summed E-state index contributed by atoms with van der Waals surface area (Å²) in [5, 5.41) is 8.80. The Labute approximate surface area is 122 Å². The maximum absolute atomic E-state index is 13.2. The number of benzene rings is 2. The van der Waals surface area contributed by atoms with Crippen LogP contribution in [0.25, 0.3) is 0 Å². The Bertz CT molecular complexity index is 695. The molecule has 0 bridgehead atoms. The molecule has 0 aliphatic rings. The average molecular weight is 314 g/mol. The van der Waals surface area contributed by atoms with Gasteiger partial charge in [0.25, 0.3) is 0 Å². The molecular weight excluding hydrogens is 304 g/mol. The first-order chi connectivity index (χ1) is 10.3. The van der Waals surface area contributed by atoms with Crippen LogP contribution in [0.15, 0.2) is 42.5 Å². The largest absolute Gasteiger partial charge is 0.489 e. The van der Waals surface area contributed by atoms with Crippen molar-refractivity contribution in [2.45, 2.75) is 12.8 Å². The first-order valence-corrected chi connectivity index (χ1v) is 6.09. The Balaban J connectivity index is 2.14. The third-order valence-electron chi connectivity index (χ3n) is 2.83. The summed E-state index contributed by atoms with van der Waals surface area (Å²) in [7, 11) is 0. The highest BCUT2D eigenvalue weighted by molar-refractivity contribution is 5.88. The fourth-order valence-corrected chi connectivity index (χ4v) is 1.75. The molecule has 0 heterocycles. The van der Waals surface area contributed by atoms with Gasteiger partial charge in [0.1, 0.15) is 18.2 Å². The molecule has 2 aromatic rings. The number of alkyl halides is 3. The quantitative estimate of drug-likeness (QED) is 0.864. The van der Waals surface area contributed by atoms with Crippen molar-refractivity contribution in [3.05, 3.63) is 65.0 Å². The number of halogens is 4. The predicted octanol–water partition coefficient (Wildman–Crippen LogP) is 4.12. The van der Waals surface area contributed by atoms with Crippen molar-refractivity contribution in [3.8, 4) is 5.75 Å². The van der Waals surface area contributed by atoms with Gasteiger partial charge in [-0.15, -0.1) is 0 Å². The number of carbonyl (C=O) groups is 1. The molecular formula is C15H10F4O3. The van der Waals surface area contributed by atoms with Gasteiger partial charge in [0.15, 0.2) is 0 Å². The van der Waals surface area contributed by atoms with Gasteiger partial charge in [-0.2, -0.15) is 13.2 Å². The number of carboxylic acids is 1. The van der Waals surface area contributed by atoms with Gasteiger partial charge in [-0.3, -0.25) is 0 Å². The molecule has 0 amide bonds. The number of hydrogen-bond acceptors (Lipinski definition) is 2. The molecule has 7 heteroatoms. The molecule has 0 aliphatic heterocycles. The van der Waals surface area contributed by atoms with Crippen LogP contribution in [0, 0.1) is 5.82 Å². The van der Waals surface area contributed by atoms with E-state index in [-0.39, 0.29) is 12.4 Å². The van der Waals surface area contributed by atoms with Gasteiger partial charge in [-0.05, 0) is 35.9 Å². The van der Waals surface area contributed by atoms with Gasteiger partial charge in [-0.1, -0.05) is 12.1 Å². The minimum absolute atomic E-state index is 0.0176. The third kappa shape index (κ3) is 3.75. The minimum Gasteiger partial charge on any atom is -0.489 e. The van der Waals surface area contributed by atoms with Crippen LogP contribution in [-0.2, 0) is 12.8 Å². The van der Waals surface area contributed by atoms with Crippen LogP contribution in [0.2, 0.25) is 0 Å². The van der Waals surface area contributed by atoms with Crippen molar-refractivity contribution in [1.82, 2.24) is 0 Å². The summed E-state index contributed by atoms with van der Waals surface area (Å²) in [5.74, 6) is -2.34. The third-order valence-corrected chi connectivity index (χ3v) is 2.83. The lowest BCUT2D eigenvalue weighted by atomic mass is 10.1. The van der Waals surface area contributed by atoms with Crippen molar-refractivity contribution < 1.29 is 32.2 Å². The summed E-state index contributed by atoms with van der Waals surface area (Å²) in [5.41, 5.74) is -1.04. The molecule has 0 radical (unpaired) electrons. The van der Waals surface area contributed by atoms with E-state index in [1.807, 2.05) is 0 Å². The van der Waals surface area contributed by atoms with E-state index in [1.54, 1.807) is 0 Å². The van der Waals surface area contributed by atoms with E-state index < -0.39 is 29.1 Å². The summed E-state index contributed by atoms with van der Waals surface area (Å²) in [4.78, 5) is 10.8. The van der Waals surface area contributed by atoms with Gasteiger partial charge >= 0.3 is 12.1 Å². The highest BCUT2D eigenvalue weighted by Crippen LogP contribution is 2.31. The van der Waals surface area contributed by atoms with Crippen molar-refractivity contribution in [1.29, 1.82) is 0 Å². The summed E-state index contributed by atoms with van der Waals surface area (Å²) in [6, 6.07) is 7.63. The van der Waals surface area contributed by atoms with Crippen molar-refractivity contribution in [2.24, 2.45) is 0 Å². The molecule has 0 aliphatic carbocycles. The van der Waals surface area contributed by atoms with Crippen LogP contribution < -0.4 is 4.74 Å². The maximum atomic E-state index is 13.2. The maximum Gasteiger partial charge on any atom is 0.416 e. The summed E-state index contributed by atoms with van der Waals surface area (Å²) < 4.78 is 56.1. The number of aromatic carboxylic acids is 1. The van der Waals surface area contributed by atoms with Gasteiger partial charge in [0.05, 0.1) is 11.1 Å². The minimum atomic E-state index is -4.48. The fraction of sp³-hybridized carbons (Fsp3) is 0.133. The first-order valence-electron chi connectivity index (χ1n) is 6.09. The molecule has 0 saturated carbocycles. The number of rotatable bonds is 4. The molecule has 116 valence electrons. The lowest BCUT2D eigenvalue weighted by Crippen LogP contribution is -2.06. The van der Waals surface area contributed by atoms with Crippen LogP contribution in [0.5, 0.6) is 5.75 Å². The second-order valence-electron chi connectivity index (χ2n) is 4.43. The lowest BCUT2D eigenvalue weighted by molar-refractivity contribution is -0.137. The van der Waals surface area contributed by atoms with Gasteiger partial charge in [0, 0.05) is 0 Å². The highest BCUT2D eigenvalue weighted by Gasteiger charge is 2.30. The van der Waals surface area contributed by atoms with Crippen molar-refractivity contribution >= 4 is 5.97 Å². The first kappa shape index (κ1) is 15.8. The average Bonchev–Trinajstić information content (AvgIpc) is 2.45. The van der Waals surface area contributed by atoms with E-state index >= 15 is 0 Å². The summed E-state index contributed by atoms with van der Waals surface area (Å²) in [6.45, 7) is -0.179. The van der Waals surface area contributed by atoms with E-state index in [0.29, 0.717) is 5.56 Å². The van der Waals surface area contributed by atoms with E-state index in [2.05, 4.69) is 0 Å². The highest BCUT2D eigenvalue weighted by atomic mass is 19.4. The molecule has 3 nitrogen and oxygen atoms in total. The Hall–Kier alpha value is -2.57. The van der Waals surface area contributed by atoms with Gasteiger partial charge in [0.2, 0.25) is 0 Å². The van der Waals surface area contributed by atoms with Crippen LogP contribution in [-0.4, -0.2) is 11.1 Å². The molecule has 2 aromatic carbocycles. The van der Waals surface area contributed by atoms with E-state index in [0.717, 1.165) is 24.3 Å². The zero-order valence-corrected chi connectivity index (χ0v) is 11.0. The monoisotopic (exact) mass is 314 g/mol. The SMILES string of the molecule is O=C(O)c1cc(COc2cccc(C(F)(F)F)c2)ccc1F. The lowest BCUT2D eigenvalue weighted by Gasteiger charge is -2.10. The predicted molar refractivity (Wildman–Crippen MR) is 69.1 cm³/mol. The molecule has 0 saturated heterocycles. The molecule has 2 rings (SSSR count). The van der Waals surface area contributed by atoms with Crippen LogP contribution >= 0.6 is 0 Å². The molecule has 0 spiro atoms. The Kier molecular flexibility index (Phi) is 4.35. The summed E-state index contributed by atoms with van der Waals surface area (Å²) in [6.07, 6.45) is -4.48. The van der Waals surface area contributed by atoms with Gasteiger partial charge in [-0.25, -0.2) is 9.18 Å². The zero-order chi connectivity index (χ0) is 16.3. The van der Waals surface area contributed by atoms with E-state index in [1.165, 1.54) is 18.2 Å². The number of hydrogen-bond donors (Lipinski definition) is 1. The number of carboxylic acid groups (broad SMARTS) is 1. The second-order valence-corrected chi connectivity index (χ2v) is 4.43. The molecule has 0 atom stereocenters. The smallest absolute Gasteiger partial charge is 0.416 e. The topological polar surface area (TPSA) is 46.5 Å². The van der Waals surface area contributed by atoms with Gasteiger partial charge < -0.3 is 9.84 Å². The molecule has 0 aromatic heterocycles. The van der Waals surface area contributed by atoms with E-state index in [9.17, 15) is 22.4 Å². The van der Waals surface area contributed by atoms with E-state index in [4.69, 9.17) is 9.84 Å². The van der Waals surface area contributed by atoms with Crippen LogP contribution in [0.1, 0.15) is 21.5 Å². The molecule has 0 unspecified atom stereocenters. The standard InChI is InChI=1S/C15H10F4O3/c16-13-5-4-9(6-12(13)14(20)21)8-22-11-3-1-2-10(7-11)15(17,18)19/h1-7H,8H2,(H,20,21). The molecule has 22 heavy (non-hydrogen) atoms. The van der Waals surface area contributed by atoms with Crippen LogP contribution in [0.4, 0.5) is 17.6 Å². The molecule has 1 N–H and O–H groups in total.